The molecule has 2 N–H and O–H groups in total. The zero-order chi connectivity index (χ0) is 25.9. The van der Waals surface area contributed by atoms with Gasteiger partial charge in [-0.1, -0.05) is 25.0 Å². The van der Waals surface area contributed by atoms with Crippen molar-refractivity contribution in [3.05, 3.63) is 82.2 Å². The normalized spacial score (nSPS) is 16.7. The summed E-state index contributed by atoms with van der Waals surface area (Å²) in [6.45, 7) is 4.29. The number of hydrogen-bond donors (Lipinski definition) is 2. The maximum absolute atomic E-state index is 13.4. The molecule has 4 heterocycles. The van der Waals surface area contributed by atoms with E-state index in [0.29, 0.717) is 17.2 Å². The van der Waals surface area contributed by atoms with Gasteiger partial charge in [0.1, 0.15) is 0 Å². The fraction of sp³-hybridized carbons (Fsp3) is 0.379. The fourth-order valence-electron chi connectivity index (χ4n) is 5.48. The minimum absolute atomic E-state index is 0.148. The minimum atomic E-state index is -0.233. The molecule has 9 nitrogen and oxygen atoms in total. The smallest absolute Gasteiger partial charge is 0.252 e. The number of ether oxygens (including phenoxy) is 1. The Morgan fingerprint density at radius 2 is 1.92 bits per heavy atom. The molecule has 9 heteroatoms. The van der Waals surface area contributed by atoms with E-state index in [-0.39, 0.29) is 18.0 Å². The van der Waals surface area contributed by atoms with Gasteiger partial charge in [0.15, 0.2) is 0 Å². The lowest BCUT2D eigenvalue weighted by Crippen LogP contribution is -2.35. The summed E-state index contributed by atoms with van der Waals surface area (Å²) in [5, 5.41) is 8.47. The monoisotopic (exact) mass is 512 g/mol. The third-order valence-electron chi connectivity index (χ3n) is 7.62. The zero-order valence-corrected chi connectivity index (χ0v) is 21.4. The van der Waals surface area contributed by atoms with E-state index in [9.17, 15) is 9.59 Å². The van der Waals surface area contributed by atoms with E-state index >= 15 is 0 Å². The third kappa shape index (κ3) is 5.12. The lowest BCUT2D eigenvalue weighted by Gasteiger charge is -2.26. The molecule has 1 amide bonds. The molecule has 0 spiro atoms. The van der Waals surface area contributed by atoms with E-state index in [1.165, 1.54) is 12.8 Å². The lowest BCUT2D eigenvalue weighted by molar-refractivity contribution is 0.0336. The number of carbonyl (C=O) groups is 1. The summed E-state index contributed by atoms with van der Waals surface area (Å²) in [6.07, 6.45) is 9.84. The number of nitrogens with zero attached hydrogens (tertiary/aromatic N) is 4. The van der Waals surface area contributed by atoms with Crippen LogP contribution in [0.1, 0.15) is 53.3 Å². The molecule has 0 radical (unpaired) electrons. The maximum atomic E-state index is 13.4. The highest BCUT2D eigenvalue weighted by Gasteiger charge is 2.23. The van der Waals surface area contributed by atoms with Crippen LogP contribution in [-0.4, -0.2) is 56.9 Å². The van der Waals surface area contributed by atoms with E-state index < -0.39 is 0 Å². The van der Waals surface area contributed by atoms with E-state index in [4.69, 9.17) is 14.8 Å². The summed E-state index contributed by atoms with van der Waals surface area (Å²) in [7, 11) is 0. The molecule has 196 valence electrons. The second-order valence-electron chi connectivity index (χ2n) is 10.1. The zero-order valence-electron chi connectivity index (χ0n) is 21.4. The average Bonchev–Trinajstić information content (AvgIpc) is 3.63. The van der Waals surface area contributed by atoms with Gasteiger partial charge >= 0.3 is 0 Å². The number of H-pyrrole nitrogens is 1. The Bertz CT molecular complexity index is 1480. The maximum Gasteiger partial charge on any atom is 0.252 e. The van der Waals surface area contributed by atoms with Crippen LogP contribution < -0.4 is 10.9 Å². The summed E-state index contributed by atoms with van der Waals surface area (Å²) in [6, 6.07) is 12.0. The topological polar surface area (TPSA) is 105 Å². The molecule has 1 aromatic carbocycles. The second kappa shape index (κ2) is 10.9. The van der Waals surface area contributed by atoms with Crippen molar-refractivity contribution < 1.29 is 9.53 Å². The number of carbonyl (C=O) groups excluding carboxylic acids is 1. The number of aromatic amines is 1. The third-order valence-corrected chi connectivity index (χ3v) is 7.62. The number of rotatable bonds is 7. The average molecular weight is 513 g/mol. The van der Waals surface area contributed by atoms with Crippen LogP contribution in [0, 0.1) is 0 Å². The van der Waals surface area contributed by atoms with Crippen molar-refractivity contribution in [3.63, 3.8) is 0 Å². The molecule has 1 aliphatic heterocycles. The molecule has 1 aliphatic carbocycles. The van der Waals surface area contributed by atoms with Crippen molar-refractivity contribution in [2.75, 3.05) is 26.3 Å². The van der Waals surface area contributed by atoms with Gasteiger partial charge in [-0.15, -0.1) is 0 Å². The van der Waals surface area contributed by atoms with Crippen molar-refractivity contribution in [1.29, 1.82) is 0 Å². The van der Waals surface area contributed by atoms with Crippen LogP contribution in [0.2, 0.25) is 0 Å². The van der Waals surface area contributed by atoms with Gasteiger partial charge in [-0.2, -0.15) is 5.10 Å². The van der Waals surface area contributed by atoms with Crippen molar-refractivity contribution in [2.24, 2.45) is 0 Å². The Morgan fingerprint density at radius 1 is 1.08 bits per heavy atom. The molecule has 3 aromatic heterocycles. The second-order valence-corrected chi connectivity index (χ2v) is 10.1. The molecular formula is C29H32N6O3. The highest BCUT2D eigenvalue weighted by molar-refractivity contribution is 6.08. The van der Waals surface area contributed by atoms with Crippen molar-refractivity contribution in [1.82, 2.24) is 30.0 Å². The van der Waals surface area contributed by atoms with Gasteiger partial charge in [0.25, 0.3) is 11.5 Å². The van der Waals surface area contributed by atoms with Gasteiger partial charge in [-0.3, -0.25) is 24.2 Å². The Kier molecular flexibility index (Phi) is 7.02. The highest BCUT2D eigenvalue weighted by atomic mass is 16.5. The number of benzene rings is 1. The number of aromatic nitrogens is 4. The number of pyridine rings is 2. The number of fused-ring (bicyclic) bond motifs is 1. The van der Waals surface area contributed by atoms with Gasteiger partial charge < -0.3 is 15.0 Å². The van der Waals surface area contributed by atoms with E-state index in [2.05, 4.69) is 38.1 Å². The first-order chi connectivity index (χ1) is 18.7. The van der Waals surface area contributed by atoms with Crippen molar-refractivity contribution in [2.45, 2.75) is 44.8 Å². The highest BCUT2D eigenvalue weighted by Crippen LogP contribution is 2.34. The molecule has 0 unspecified atom stereocenters. The number of hydrogen-bond acceptors (Lipinski definition) is 6. The standard InChI is InChI=1S/C29H32N6O3/c36-28-21(4-3-9-30-28)17-32-29(37)25-14-22(15-27-26(25)18-33-35(27)24-5-1-2-6-24)20-7-8-23(31-16-20)19-34-10-12-38-13-11-34/h3-4,7-9,14-16,18,24H,1-2,5-6,10-13,17,19H2,(H,30,36)(H,32,37). The van der Waals surface area contributed by atoms with Crippen LogP contribution >= 0.6 is 0 Å². The van der Waals surface area contributed by atoms with Gasteiger partial charge in [-0.25, -0.2) is 0 Å². The van der Waals surface area contributed by atoms with Crippen molar-refractivity contribution >= 4 is 16.8 Å². The molecule has 0 atom stereocenters. The molecule has 4 aromatic rings. The number of morpholine rings is 1. The van der Waals surface area contributed by atoms with Gasteiger partial charge in [0, 0.05) is 55.1 Å². The van der Waals surface area contributed by atoms with E-state index in [1.807, 2.05) is 12.3 Å². The summed E-state index contributed by atoms with van der Waals surface area (Å²) in [5.41, 5.74) is 4.69. The van der Waals surface area contributed by atoms with E-state index in [0.717, 1.165) is 73.4 Å². The molecule has 6 rings (SSSR count). The Hall–Kier alpha value is -3.82. The number of nitrogens with one attached hydrogen (secondary N) is 2. The molecule has 1 saturated heterocycles. The summed E-state index contributed by atoms with van der Waals surface area (Å²) in [4.78, 5) is 35.3. The summed E-state index contributed by atoms with van der Waals surface area (Å²) in [5.74, 6) is -0.233. The molecular weight excluding hydrogens is 480 g/mol. The van der Waals surface area contributed by atoms with Crippen LogP contribution in [0.4, 0.5) is 0 Å². The summed E-state index contributed by atoms with van der Waals surface area (Å²) >= 11 is 0. The predicted molar refractivity (Wildman–Crippen MR) is 145 cm³/mol. The first-order valence-corrected chi connectivity index (χ1v) is 13.4. The lowest BCUT2D eigenvalue weighted by atomic mass is 10.00. The quantitative estimate of drug-likeness (QED) is 0.392. The molecule has 0 bridgehead atoms. The largest absolute Gasteiger partial charge is 0.379 e. The first-order valence-electron chi connectivity index (χ1n) is 13.4. The molecule has 1 saturated carbocycles. The molecule has 2 aliphatic rings. The predicted octanol–water partition coefficient (Wildman–Crippen LogP) is 3.66. The first kappa shape index (κ1) is 24.5. The van der Waals surface area contributed by atoms with Crippen LogP contribution in [0.15, 0.2) is 59.8 Å². The molecule has 2 fully saturated rings. The van der Waals surface area contributed by atoms with Crippen LogP contribution in [0.5, 0.6) is 0 Å². The SMILES string of the molecule is O=C(NCc1ccc[nH]c1=O)c1cc(-c2ccc(CN3CCOCC3)nc2)cc2c1cnn2C1CCCC1. The molecule has 38 heavy (non-hydrogen) atoms. The Balaban J connectivity index is 1.32. The van der Waals surface area contributed by atoms with Crippen LogP contribution in [-0.2, 0) is 17.8 Å². The Morgan fingerprint density at radius 3 is 2.68 bits per heavy atom. The van der Waals surface area contributed by atoms with Crippen LogP contribution in [0.25, 0.3) is 22.0 Å². The van der Waals surface area contributed by atoms with Gasteiger partial charge in [-0.05, 0) is 42.7 Å². The Labute approximate surface area is 220 Å². The van der Waals surface area contributed by atoms with Gasteiger partial charge in [0.2, 0.25) is 0 Å². The summed E-state index contributed by atoms with van der Waals surface area (Å²) < 4.78 is 7.54. The minimum Gasteiger partial charge on any atom is -0.379 e. The van der Waals surface area contributed by atoms with Crippen LogP contribution in [0.3, 0.4) is 0 Å². The van der Waals surface area contributed by atoms with Gasteiger partial charge in [0.05, 0.1) is 42.2 Å². The van der Waals surface area contributed by atoms with Crippen molar-refractivity contribution in [3.8, 4) is 11.1 Å². The van der Waals surface area contributed by atoms with E-state index in [1.54, 1.807) is 24.5 Å². The fourth-order valence-corrected chi connectivity index (χ4v) is 5.48. The number of amides is 1.